The Labute approximate surface area is 160 Å². The SMILES string of the molecule is Nc1ccc(C(=O)O)cc1-c1nc2ccccc2n(Cc2ccccc2)c1=O. The van der Waals surface area contributed by atoms with E-state index in [1.54, 1.807) is 4.57 Å². The average Bonchev–Trinajstić information content (AvgIpc) is 2.71. The van der Waals surface area contributed by atoms with Crippen molar-refractivity contribution in [2.45, 2.75) is 6.54 Å². The molecule has 0 aliphatic rings. The Bertz CT molecular complexity index is 1250. The van der Waals surface area contributed by atoms with Gasteiger partial charge in [0.15, 0.2) is 0 Å². The number of fused-ring (bicyclic) bond motifs is 1. The molecule has 0 aliphatic carbocycles. The number of aromatic carboxylic acids is 1. The number of anilines is 1. The van der Waals surface area contributed by atoms with E-state index in [9.17, 15) is 14.7 Å². The van der Waals surface area contributed by atoms with Crippen molar-refractivity contribution in [1.82, 2.24) is 9.55 Å². The third-order valence-electron chi connectivity index (χ3n) is 4.59. The van der Waals surface area contributed by atoms with E-state index in [0.717, 1.165) is 5.56 Å². The van der Waals surface area contributed by atoms with E-state index >= 15 is 0 Å². The molecule has 0 bridgehead atoms. The van der Waals surface area contributed by atoms with Gasteiger partial charge in [0.25, 0.3) is 5.56 Å². The summed E-state index contributed by atoms with van der Waals surface area (Å²) < 4.78 is 1.64. The fourth-order valence-electron chi connectivity index (χ4n) is 3.19. The highest BCUT2D eigenvalue weighted by molar-refractivity contribution is 5.91. The topological polar surface area (TPSA) is 98.2 Å². The van der Waals surface area contributed by atoms with Crippen molar-refractivity contribution in [3.8, 4) is 11.3 Å². The molecule has 0 radical (unpaired) electrons. The van der Waals surface area contributed by atoms with Gasteiger partial charge in [0, 0.05) is 11.3 Å². The number of nitrogens with two attached hydrogens (primary N) is 1. The van der Waals surface area contributed by atoms with Crippen molar-refractivity contribution in [1.29, 1.82) is 0 Å². The summed E-state index contributed by atoms with van der Waals surface area (Å²) in [6.07, 6.45) is 0. The molecule has 0 spiro atoms. The van der Waals surface area contributed by atoms with Crippen LogP contribution in [0.3, 0.4) is 0 Å². The van der Waals surface area contributed by atoms with Gasteiger partial charge >= 0.3 is 5.97 Å². The van der Waals surface area contributed by atoms with E-state index in [-0.39, 0.29) is 16.8 Å². The molecule has 1 heterocycles. The van der Waals surface area contributed by atoms with Gasteiger partial charge in [-0.15, -0.1) is 0 Å². The molecule has 6 nitrogen and oxygen atoms in total. The van der Waals surface area contributed by atoms with E-state index in [0.29, 0.717) is 28.8 Å². The minimum atomic E-state index is -1.09. The molecular formula is C22H17N3O3. The summed E-state index contributed by atoms with van der Waals surface area (Å²) in [5.74, 6) is -1.09. The van der Waals surface area contributed by atoms with Gasteiger partial charge in [-0.2, -0.15) is 0 Å². The zero-order chi connectivity index (χ0) is 19.7. The van der Waals surface area contributed by atoms with Crippen molar-refractivity contribution in [3.63, 3.8) is 0 Å². The minimum Gasteiger partial charge on any atom is -0.478 e. The second kappa shape index (κ2) is 7.00. The molecule has 4 aromatic rings. The Morgan fingerprint density at radius 3 is 2.46 bits per heavy atom. The fourth-order valence-corrected chi connectivity index (χ4v) is 3.19. The molecule has 0 unspecified atom stereocenters. The molecule has 6 heteroatoms. The van der Waals surface area contributed by atoms with Gasteiger partial charge in [0.1, 0.15) is 5.69 Å². The normalized spacial score (nSPS) is 10.9. The highest BCUT2D eigenvalue weighted by Crippen LogP contribution is 2.25. The maximum atomic E-state index is 13.3. The van der Waals surface area contributed by atoms with Crippen molar-refractivity contribution in [2.75, 3.05) is 5.73 Å². The summed E-state index contributed by atoms with van der Waals surface area (Å²) in [7, 11) is 0. The molecule has 138 valence electrons. The number of carboxylic acid groups (broad SMARTS) is 1. The van der Waals surface area contributed by atoms with Crippen LogP contribution in [-0.2, 0) is 6.54 Å². The highest BCUT2D eigenvalue weighted by Gasteiger charge is 2.17. The van der Waals surface area contributed by atoms with E-state index in [4.69, 9.17) is 5.73 Å². The van der Waals surface area contributed by atoms with E-state index in [1.165, 1.54) is 18.2 Å². The maximum absolute atomic E-state index is 13.3. The van der Waals surface area contributed by atoms with Crippen LogP contribution in [-0.4, -0.2) is 20.6 Å². The summed E-state index contributed by atoms with van der Waals surface area (Å²) in [4.78, 5) is 29.2. The van der Waals surface area contributed by atoms with Gasteiger partial charge in [-0.1, -0.05) is 42.5 Å². The Morgan fingerprint density at radius 2 is 1.71 bits per heavy atom. The second-order valence-corrected chi connectivity index (χ2v) is 6.43. The first-order chi connectivity index (χ1) is 13.5. The number of aromatic nitrogens is 2. The first-order valence-corrected chi connectivity index (χ1v) is 8.71. The predicted octanol–water partition coefficient (Wildman–Crippen LogP) is 3.39. The Morgan fingerprint density at radius 1 is 1.00 bits per heavy atom. The van der Waals surface area contributed by atoms with Crippen LogP contribution in [0.1, 0.15) is 15.9 Å². The lowest BCUT2D eigenvalue weighted by Gasteiger charge is -2.14. The number of hydrogen-bond donors (Lipinski definition) is 2. The summed E-state index contributed by atoms with van der Waals surface area (Å²) in [5.41, 5.74) is 8.84. The molecule has 0 atom stereocenters. The summed E-state index contributed by atoms with van der Waals surface area (Å²) >= 11 is 0. The first kappa shape index (κ1) is 17.5. The van der Waals surface area contributed by atoms with Gasteiger partial charge < -0.3 is 15.4 Å². The van der Waals surface area contributed by atoms with Crippen molar-refractivity contribution < 1.29 is 9.90 Å². The number of carboxylic acids is 1. The Kier molecular flexibility index (Phi) is 4.37. The van der Waals surface area contributed by atoms with Crippen molar-refractivity contribution in [2.24, 2.45) is 0 Å². The van der Waals surface area contributed by atoms with Crippen LogP contribution in [0.2, 0.25) is 0 Å². The van der Waals surface area contributed by atoms with Crippen molar-refractivity contribution >= 4 is 22.7 Å². The van der Waals surface area contributed by atoms with Gasteiger partial charge in [-0.25, -0.2) is 9.78 Å². The monoisotopic (exact) mass is 371 g/mol. The molecule has 0 saturated heterocycles. The fraction of sp³-hybridized carbons (Fsp3) is 0.0455. The Hall–Kier alpha value is -3.93. The average molecular weight is 371 g/mol. The molecule has 0 saturated carbocycles. The van der Waals surface area contributed by atoms with Crippen LogP contribution in [0.5, 0.6) is 0 Å². The number of rotatable bonds is 4. The van der Waals surface area contributed by atoms with E-state index in [2.05, 4.69) is 4.98 Å². The molecule has 28 heavy (non-hydrogen) atoms. The minimum absolute atomic E-state index is 0.0492. The summed E-state index contributed by atoms with van der Waals surface area (Å²) in [6, 6.07) is 21.3. The van der Waals surface area contributed by atoms with Crippen LogP contribution < -0.4 is 11.3 Å². The standard InChI is InChI=1S/C22H17N3O3/c23-17-11-10-15(22(27)28)12-16(17)20-21(26)25(13-14-6-2-1-3-7-14)19-9-5-4-8-18(19)24-20/h1-12H,13,23H2,(H,27,28). The molecular weight excluding hydrogens is 354 g/mol. The lowest BCUT2D eigenvalue weighted by atomic mass is 10.1. The van der Waals surface area contributed by atoms with Gasteiger partial charge in [0.2, 0.25) is 0 Å². The van der Waals surface area contributed by atoms with Gasteiger partial charge in [0.05, 0.1) is 23.1 Å². The molecule has 0 amide bonds. The number of carbonyl (C=O) groups is 1. The number of nitrogen functional groups attached to an aromatic ring is 1. The second-order valence-electron chi connectivity index (χ2n) is 6.43. The summed E-state index contributed by atoms with van der Waals surface area (Å²) in [6.45, 7) is 0.369. The van der Waals surface area contributed by atoms with Crippen molar-refractivity contribution in [3.05, 3.63) is 94.3 Å². The van der Waals surface area contributed by atoms with Gasteiger partial charge in [-0.3, -0.25) is 4.79 Å². The lowest BCUT2D eigenvalue weighted by molar-refractivity contribution is 0.0697. The van der Waals surface area contributed by atoms with Crippen LogP contribution in [0.4, 0.5) is 5.69 Å². The first-order valence-electron chi connectivity index (χ1n) is 8.71. The molecule has 1 aromatic heterocycles. The molecule has 0 fully saturated rings. The zero-order valence-corrected chi connectivity index (χ0v) is 14.9. The number of hydrogen-bond acceptors (Lipinski definition) is 4. The smallest absolute Gasteiger partial charge is 0.335 e. The van der Waals surface area contributed by atoms with Crippen LogP contribution in [0.25, 0.3) is 22.3 Å². The largest absolute Gasteiger partial charge is 0.478 e. The molecule has 4 rings (SSSR count). The summed E-state index contributed by atoms with van der Waals surface area (Å²) in [5, 5.41) is 9.29. The number of benzene rings is 3. The maximum Gasteiger partial charge on any atom is 0.335 e. The molecule has 3 N–H and O–H groups in total. The van der Waals surface area contributed by atoms with Crippen LogP contribution in [0, 0.1) is 0 Å². The zero-order valence-electron chi connectivity index (χ0n) is 14.9. The predicted molar refractivity (Wildman–Crippen MR) is 108 cm³/mol. The number of nitrogens with zero attached hydrogens (tertiary/aromatic N) is 2. The van der Waals surface area contributed by atoms with Crippen LogP contribution >= 0.6 is 0 Å². The van der Waals surface area contributed by atoms with E-state index in [1.807, 2.05) is 54.6 Å². The Balaban J connectivity index is 1.99. The quantitative estimate of drug-likeness (QED) is 0.536. The third kappa shape index (κ3) is 3.12. The molecule has 0 aliphatic heterocycles. The lowest BCUT2D eigenvalue weighted by Crippen LogP contribution is -2.24. The van der Waals surface area contributed by atoms with Crippen LogP contribution in [0.15, 0.2) is 77.6 Å². The highest BCUT2D eigenvalue weighted by atomic mass is 16.4. The van der Waals surface area contributed by atoms with Gasteiger partial charge in [-0.05, 0) is 35.9 Å². The third-order valence-corrected chi connectivity index (χ3v) is 4.59. The number of para-hydroxylation sites is 2. The van der Waals surface area contributed by atoms with E-state index < -0.39 is 5.97 Å². The molecule has 3 aromatic carbocycles.